The first-order valence-electron chi connectivity index (χ1n) is 7.79. The molecular formula is C19H15ClN2O4. The number of para-hydroxylation sites is 1. The van der Waals surface area contributed by atoms with E-state index in [0.717, 1.165) is 11.1 Å². The van der Waals surface area contributed by atoms with Crippen LogP contribution < -0.4 is 4.74 Å². The van der Waals surface area contributed by atoms with Gasteiger partial charge in [0.05, 0.1) is 4.92 Å². The highest BCUT2D eigenvalue weighted by molar-refractivity contribution is 6.30. The number of aryl methyl sites for hydroxylation is 1. The molecule has 7 heteroatoms. The Morgan fingerprint density at radius 1 is 1.19 bits per heavy atom. The second-order valence-corrected chi connectivity index (χ2v) is 5.96. The van der Waals surface area contributed by atoms with E-state index >= 15 is 0 Å². The molecule has 0 N–H and O–H groups in total. The summed E-state index contributed by atoms with van der Waals surface area (Å²) in [6.45, 7) is 1.91. The highest BCUT2D eigenvalue weighted by atomic mass is 35.5. The Hall–Kier alpha value is -3.12. The van der Waals surface area contributed by atoms with Crippen molar-refractivity contribution in [1.82, 2.24) is 5.16 Å². The monoisotopic (exact) mass is 370 g/mol. The number of ether oxygens (including phenoxy) is 1. The standard InChI is InChI=1S/C19H15ClN2O4/c1-13-19(22(23)24)18(26-21-13)11-8-15-4-2-3-5-17(15)25-12-14-6-9-16(20)10-7-14/h2-11H,12H2,1H3. The molecule has 0 bridgehead atoms. The van der Waals surface area contributed by atoms with Crippen LogP contribution in [0.1, 0.15) is 22.6 Å². The first kappa shape index (κ1) is 17.7. The quantitative estimate of drug-likeness (QED) is 0.435. The molecule has 2 aromatic carbocycles. The summed E-state index contributed by atoms with van der Waals surface area (Å²) < 4.78 is 10.9. The van der Waals surface area contributed by atoms with Gasteiger partial charge in [0.2, 0.25) is 5.76 Å². The van der Waals surface area contributed by atoms with Gasteiger partial charge in [-0.25, -0.2) is 0 Å². The number of nitro groups is 1. The van der Waals surface area contributed by atoms with Crippen LogP contribution in [0.15, 0.2) is 53.1 Å². The highest BCUT2D eigenvalue weighted by Gasteiger charge is 2.21. The minimum atomic E-state index is -0.506. The van der Waals surface area contributed by atoms with E-state index in [9.17, 15) is 10.1 Å². The molecule has 0 fully saturated rings. The van der Waals surface area contributed by atoms with Gasteiger partial charge in [-0.1, -0.05) is 47.1 Å². The Morgan fingerprint density at radius 2 is 1.92 bits per heavy atom. The maximum atomic E-state index is 11.1. The molecule has 0 saturated carbocycles. The maximum absolute atomic E-state index is 11.1. The summed E-state index contributed by atoms with van der Waals surface area (Å²) in [4.78, 5) is 10.6. The zero-order chi connectivity index (χ0) is 18.5. The van der Waals surface area contributed by atoms with Crippen LogP contribution in [-0.2, 0) is 6.61 Å². The molecule has 1 heterocycles. The molecule has 0 aliphatic carbocycles. The summed E-state index contributed by atoms with van der Waals surface area (Å²) >= 11 is 5.88. The van der Waals surface area contributed by atoms with Gasteiger partial charge in [0.25, 0.3) is 0 Å². The Kier molecular flexibility index (Phi) is 5.34. The van der Waals surface area contributed by atoms with Gasteiger partial charge in [-0.3, -0.25) is 10.1 Å². The smallest absolute Gasteiger partial charge is 0.338 e. The van der Waals surface area contributed by atoms with Crippen LogP contribution in [0.25, 0.3) is 12.2 Å². The first-order valence-corrected chi connectivity index (χ1v) is 8.17. The van der Waals surface area contributed by atoms with E-state index < -0.39 is 4.92 Å². The fraction of sp³-hybridized carbons (Fsp3) is 0.105. The van der Waals surface area contributed by atoms with E-state index in [2.05, 4.69) is 5.16 Å². The van der Waals surface area contributed by atoms with Crippen LogP contribution in [0.3, 0.4) is 0 Å². The summed E-state index contributed by atoms with van der Waals surface area (Å²) in [6, 6.07) is 14.8. The zero-order valence-corrected chi connectivity index (χ0v) is 14.6. The number of nitrogens with zero attached hydrogens (tertiary/aromatic N) is 2. The fourth-order valence-corrected chi connectivity index (χ4v) is 2.50. The minimum Gasteiger partial charge on any atom is -0.488 e. The SMILES string of the molecule is Cc1noc(C=Cc2ccccc2OCc2ccc(Cl)cc2)c1[N+](=O)[O-]. The first-order chi connectivity index (χ1) is 12.5. The Bertz CT molecular complexity index is 948. The van der Waals surface area contributed by atoms with Crippen LogP contribution in [0, 0.1) is 17.0 Å². The molecule has 132 valence electrons. The van der Waals surface area contributed by atoms with Gasteiger partial charge in [-0.2, -0.15) is 0 Å². The number of hydrogen-bond donors (Lipinski definition) is 0. The summed E-state index contributed by atoms with van der Waals surface area (Å²) in [6.07, 6.45) is 3.22. The third-order valence-electron chi connectivity index (χ3n) is 3.68. The molecule has 1 aromatic heterocycles. The molecule has 26 heavy (non-hydrogen) atoms. The molecule has 0 aliphatic rings. The molecule has 0 radical (unpaired) electrons. The van der Waals surface area contributed by atoms with Crippen molar-refractivity contribution in [3.8, 4) is 5.75 Å². The Labute approximate surface area is 154 Å². The molecule has 0 spiro atoms. The largest absolute Gasteiger partial charge is 0.488 e. The Morgan fingerprint density at radius 3 is 2.65 bits per heavy atom. The summed E-state index contributed by atoms with van der Waals surface area (Å²) in [5, 5.41) is 15.4. The van der Waals surface area contributed by atoms with Crippen molar-refractivity contribution >= 4 is 29.4 Å². The normalized spacial score (nSPS) is 11.0. The molecule has 0 saturated heterocycles. The molecule has 3 rings (SSSR count). The van der Waals surface area contributed by atoms with Gasteiger partial charge in [0, 0.05) is 10.6 Å². The van der Waals surface area contributed by atoms with Crippen LogP contribution in [0.5, 0.6) is 5.75 Å². The number of aromatic nitrogens is 1. The van der Waals surface area contributed by atoms with Crippen molar-refractivity contribution in [1.29, 1.82) is 0 Å². The van der Waals surface area contributed by atoms with E-state index in [4.69, 9.17) is 20.9 Å². The molecule has 3 aromatic rings. The summed E-state index contributed by atoms with van der Waals surface area (Å²) in [5.41, 5.74) is 1.85. The second kappa shape index (κ2) is 7.84. The summed E-state index contributed by atoms with van der Waals surface area (Å²) in [7, 11) is 0. The summed E-state index contributed by atoms with van der Waals surface area (Å²) in [5.74, 6) is 0.748. The minimum absolute atomic E-state index is 0.0972. The van der Waals surface area contributed by atoms with E-state index in [1.165, 1.54) is 13.0 Å². The van der Waals surface area contributed by atoms with Gasteiger partial charge >= 0.3 is 5.69 Å². The van der Waals surface area contributed by atoms with Crippen molar-refractivity contribution in [2.75, 3.05) is 0 Å². The topological polar surface area (TPSA) is 78.4 Å². The van der Waals surface area contributed by atoms with E-state index in [0.29, 0.717) is 17.4 Å². The van der Waals surface area contributed by atoms with Gasteiger partial charge in [0.1, 0.15) is 12.4 Å². The van der Waals surface area contributed by atoms with Gasteiger partial charge < -0.3 is 9.26 Å². The molecule has 0 amide bonds. The third-order valence-corrected chi connectivity index (χ3v) is 3.93. The average molecular weight is 371 g/mol. The van der Waals surface area contributed by atoms with E-state index in [-0.39, 0.29) is 17.1 Å². The number of rotatable bonds is 6. The van der Waals surface area contributed by atoms with Crippen LogP contribution in [0.4, 0.5) is 5.69 Å². The molecular weight excluding hydrogens is 356 g/mol. The van der Waals surface area contributed by atoms with Crippen LogP contribution in [-0.4, -0.2) is 10.1 Å². The fourth-order valence-electron chi connectivity index (χ4n) is 2.37. The lowest BCUT2D eigenvalue weighted by Crippen LogP contribution is -1.96. The van der Waals surface area contributed by atoms with Crippen molar-refractivity contribution < 1.29 is 14.2 Å². The van der Waals surface area contributed by atoms with Crippen molar-refractivity contribution in [2.45, 2.75) is 13.5 Å². The van der Waals surface area contributed by atoms with Crippen molar-refractivity contribution in [2.24, 2.45) is 0 Å². The van der Waals surface area contributed by atoms with E-state index in [1.807, 2.05) is 36.4 Å². The van der Waals surface area contributed by atoms with E-state index in [1.54, 1.807) is 18.2 Å². The van der Waals surface area contributed by atoms with Gasteiger partial charge in [-0.05, 0) is 42.8 Å². The molecule has 0 atom stereocenters. The predicted octanol–water partition coefficient (Wildman–Crippen LogP) is 5.29. The van der Waals surface area contributed by atoms with Crippen LogP contribution in [0.2, 0.25) is 5.02 Å². The second-order valence-electron chi connectivity index (χ2n) is 5.52. The molecule has 6 nitrogen and oxygen atoms in total. The number of halogens is 1. The lowest BCUT2D eigenvalue weighted by atomic mass is 10.1. The lowest BCUT2D eigenvalue weighted by molar-refractivity contribution is -0.386. The maximum Gasteiger partial charge on any atom is 0.338 e. The predicted molar refractivity (Wildman–Crippen MR) is 99.0 cm³/mol. The van der Waals surface area contributed by atoms with Crippen molar-refractivity contribution in [3.63, 3.8) is 0 Å². The average Bonchev–Trinajstić information content (AvgIpc) is 3.01. The van der Waals surface area contributed by atoms with Gasteiger partial charge in [-0.15, -0.1) is 0 Å². The third kappa shape index (κ3) is 4.10. The number of benzene rings is 2. The Balaban J connectivity index is 1.79. The van der Waals surface area contributed by atoms with Gasteiger partial charge in [0.15, 0.2) is 5.69 Å². The van der Waals surface area contributed by atoms with Crippen molar-refractivity contribution in [3.05, 3.63) is 86.2 Å². The molecule has 0 aliphatic heterocycles. The lowest BCUT2D eigenvalue weighted by Gasteiger charge is -2.09. The molecule has 0 unspecified atom stereocenters. The highest BCUT2D eigenvalue weighted by Crippen LogP contribution is 2.27. The number of hydrogen-bond acceptors (Lipinski definition) is 5. The zero-order valence-electron chi connectivity index (χ0n) is 13.9. The van der Waals surface area contributed by atoms with Crippen LogP contribution >= 0.6 is 11.6 Å².